The highest BCUT2D eigenvalue weighted by Gasteiger charge is 2.26. The van der Waals surface area contributed by atoms with E-state index in [1.807, 2.05) is 60.7 Å². The Bertz CT molecular complexity index is 1190. The molecule has 4 aromatic rings. The molecule has 2 atom stereocenters. The molecule has 2 heterocycles. The van der Waals surface area contributed by atoms with Crippen LogP contribution in [0.5, 0.6) is 23.0 Å². The quantitative estimate of drug-likeness (QED) is 0.342. The standard InChI is InChI=1S/C30H26O5/c1-3-7-21(8-4-1)29(23-11-13-25-27(19-23)33-17-15-31-25)35-30(22-9-5-2-6-10-22)24-12-14-26-28(20-24)34-18-16-32-26/h1-14,19-20,29-30H,15-18H2/t29-,30-/m1/s1. The topological polar surface area (TPSA) is 46.2 Å². The first-order valence-electron chi connectivity index (χ1n) is 11.9. The van der Waals surface area contributed by atoms with E-state index in [0.717, 1.165) is 45.3 Å². The van der Waals surface area contributed by atoms with Crippen molar-refractivity contribution in [1.82, 2.24) is 0 Å². The van der Waals surface area contributed by atoms with Gasteiger partial charge in [-0.3, -0.25) is 0 Å². The fourth-order valence-corrected chi connectivity index (χ4v) is 4.54. The van der Waals surface area contributed by atoms with Gasteiger partial charge in [0.05, 0.1) is 0 Å². The Morgan fingerprint density at radius 3 is 1.26 bits per heavy atom. The summed E-state index contributed by atoms with van der Waals surface area (Å²) < 4.78 is 30.2. The summed E-state index contributed by atoms with van der Waals surface area (Å²) in [7, 11) is 0. The van der Waals surface area contributed by atoms with Crippen LogP contribution in [0.4, 0.5) is 0 Å². The summed E-state index contributed by atoms with van der Waals surface area (Å²) in [5.41, 5.74) is 4.11. The van der Waals surface area contributed by atoms with E-state index >= 15 is 0 Å². The van der Waals surface area contributed by atoms with Crippen molar-refractivity contribution in [2.24, 2.45) is 0 Å². The Kier molecular flexibility index (Phi) is 5.99. The number of benzene rings is 4. The molecule has 0 bridgehead atoms. The molecule has 0 aromatic heterocycles. The second-order valence-corrected chi connectivity index (χ2v) is 8.52. The maximum Gasteiger partial charge on any atom is 0.161 e. The van der Waals surface area contributed by atoms with Crippen LogP contribution in [0.3, 0.4) is 0 Å². The van der Waals surface area contributed by atoms with Gasteiger partial charge in [0, 0.05) is 0 Å². The van der Waals surface area contributed by atoms with Crippen LogP contribution in [0.15, 0.2) is 97.1 Å². The zero-order valence-corrected chi connectivity index (χ0v) is 19.3. The lowest BCUT2D eigenvalue weighted by molar-refractivity contribution is 0.0302. The van der Waals surface area contributed by atoms with Crippen molar-refractivity contribution in [3.8, 4) is 23.0 Å². The molecule has 6 rings (SSSR count). The molecular weight excluding hydrogens is 440 g/mol. The van der Waals surface area contributed by atoms with Gasteiger partial charge in [-0.15, -0.1) is 0 Å². The smallest absolute Gasteiger partial charge is 0.161 e. The molecule has 0 unspecified atom stereocenters. The minimum absolute atomic E-state index is 0.328. The normalized spacial score (nSPS) is 15.8. The van der Waals surface area contributed by atoms with Crippen molar-refractivity contribution in [2.75, 3.05) is 26.4 Å². The molecule has 0 saturated heterocycles. The van der Waals surface area contributed by atoms with Crippen LogP contribution >= 0.6 is 0 Å². The minimum atomic E-state index is -0.328. The number of hydrogen-bond donors (Lipinski definition) is 0. The van der Waals surface area contributed by atoms with Gasteiger partial charge >= 0.3 is 0 Å². The van der Waals surface area contributed by atoms with Gasteiger partial charge in [0.25, 0.3) is 0 Å². The van der Waals surface area contributed by atoms with Crippen molar-refractivity contribution in [3.05, 3.63) is 119 Å². The summed E-state index contributed by atoms with van der Waals surface area (Å²) in [5.74, 6) is 3.01. The molecule has 0 fully saturated rings. The van der Waals surface area contributed by atoms with E-state index in [2.05, 4.69) is 36.4 Å². The molecule has 0 saturated carbocycles. The lowest BCUT2D eigenvalue weighted by Gasteiger charge is -2.28. The summed E-state index contributed by atoms with van der Waals surface area (Å²) in [5, 5.41) is 0. The highest BCUT2D eigenvalue weighted by atomic mass is 16.6. The summed E-state index contributed by atoms with van der Waals surface area (Å²) in [4.78, 5) is 0. The van der Waals surface area contributed by atoms with Crippen LogP contribution in [0.25, 0.3) is 0 Å². The number of hydrogen-bond acceptors (Lipinski definition) is 5. The number of rotatable bonds is 6. The molecule has 35 heavy (non-hydrogen) atoms. The fourth-order valence-electron chi connectivity index (χ4n) is 4.54. The van der Waals surface area contributed by atoms with E-state index in [-0.39, 0.29) is 12.2 Å². The van der Waals surface area contributed by atoms with Crippen LogP contribution in [-0.4, -0.2) is 26.4 Å². The molecule has 5 heteroatoms. The van der Waals surface area contributed by atoms with Crippen LogP contribution in [-0.2, 0) is 4.74 Å². The van der Waals surface area contributed by atoms with Crippen molar-refractivity contribution >= 4 is 0 Å². The Balaban J connectivity index is 1.43. The maximum absolute atomic E-state index is 6.98. The van der Waals surface area contributed by atoms with E-state index in [9.17, 15) is 0 Å². The highest BCUT2D eigenvalue weighted by Crippen LogP contribution is 2.41. The number of fused-ring (bicyclic) bond motifs is 2. The van der Waals surface area contributed by atoms with E-state index in [0.29, 0.717) is 26.4 Å². The van der Waals surface area contributed by atoms with Crippen LogP contribution < -0.4 is 18.9 Å². The average Bonchev–Trinajstić information content (AvgIpc) is 2.94. The number of ether oxygens (including phenoxy) is 5. The molecule has 4 aromatic carbocycles. The summed E-state index contributed by atoms with van der Waals surface area (Å²) >= 11 is 0. The molecule has 0 radical (unpaired) electrons. The zero-order chi connectivity index (χ0) is 23.5. The van der Waals surface area contributed by atoms with Crippen molar-refractivity contribution in [2.45, 2.75) is 12.2 Å². The van der Waals surface area contributed by atoms with Gasteiger partial charge in [-0.05, 0) is 46.5 Å². The van der Waals surface area contributed by atoms with Gasteiger partial charge in [-0.25, -0.2) is 0 Å². The largest absolute Gasteiger partial charge is 0.486 e. The van der Waals surface area contributed by atoms with Crippen LogP contribution in [0.1, 0.15) is 34.5 Å². The van der Waals surface area contributed by atoms with Gasteiger partial charge < -0.3 is 23.7 Å². The SMILES string of the molecule is c1ccc([C@@H](O[C@H](c2ccccc2)c2ccc3c(c2)OCCO3)c2ccc3c(c2)OCCO3)cc1. The van der Waals surface area contributed by atoms with Gasteiger partial charge in [-0.2, -0.15) is 0 Å². The average molecular weight is 467 g/mol. The second-order valence-electron chi connectivity index (χ2n) is 8.52. The highest BCUT2D eigenvalue weighted by molar-refractivity contribution is 5.48. The van der Waals surface area contributed by atoms with Crippen molar-refractivity contribution in [1.29, 1.82) is 0 Å². The van der Waals surface area contributed by atoms with E-state index < -0.39 is 0 Å². The molecule has 0 N–H and O–H groups in total. The summed E-state index contributed by atoms with van der Waals surface area (Å²) in [6, 6.07) is 32.6. The molecule has 0 aliphatic carbocycles. The van der Waals surface area contributed by atoms with Gasteiger partial charge in [0.2, 0.25) is 0 Å². The first kappa shape index (κ1) is 21.6. The Labute approximate surface area is 204 Å². The van der Waals surface area contributed by atoms with Crippen LogP contribution in [0.2, 0.25) is 0 Å². The third-order valence-corrected chi connectivity index (χ3v) is 6.21. The maximum atomic E-state index is 6.98. The van der Waals surface area contributed by atoms with E-state index in [4.69, 9.17) is 23.7 Å². The molecule has 2 aliphatic rings. The first-order valence-corrected chi connectivity index (χ1v) is 11.9. The van der Waals surface area contributed by atoms with E-state index in [1.54, 1.807) is 0 Å². The third kappa shape index (κ3) is 4.55. The monoisotopic (exact) mass is 466 g/mol. The molecule has 0 amide bonds. The Hall–Kier alpha value is -3.96. The molecular formula is C30H26O5. The van der Waals surface area contributed by atoms with Gasteiger partial charge in [0.15, 0.2) is 23.0 Å². The predicted molar refractivity (Wildman–Crippen MR) is 133 cm³/mol. The zero-order valence-electron chi connectivity index (χ0n) is 19.3. The third-order valence-electron chi connectivity index (χ3n) is 6.21. The van der Waals surface area contributed by atoms with Gasteiger partial charge in [0.1, 0.15) is 38.6 Å². The minimum Gasteiger partial charge on any atom is -0.486 e. The molecule has 0 spiro atoms. The lowest BCUT2D eigenvalue weighted by atomic mass is 9.97. The summed E-state index contributed by atoms with van der Waals surface area (Å²) in [6.07, 6.45) is -0.657. The fraction of sp³-hybridized carbons (Fsp3) is 0.200. The van der Waals surface area contributed by atoms with E-state index in [1.165, 1.54) is 0 Å². The molecule has 2 aliphatic heterocycles. The molecule has 5 nitrogen and oxygen atoms in total. The predicted octanol–water partition coefficient (Wildman–Crippen LogP) is 6.12. The lowest BCUT2D eigenvalue weighted by Crippen LogP contribution is -2.18. The Morgan fingerprint density at radius 2 is 0.829 bits per heavy atom. The summed E-state index contributed by atoms with van der Waals surface area (Å²) in [6.45, 7) is 2.20. The van der Waals surface area contributed by atoms with Crippen molar-refractivity contribution < 1.29 is 23.7 Å². The second kappa shape index (κ2) is 9.72. The van der Waals surface area contributed by atoms with Crippen LogP contribution in [0, 0.1) is 0 Å². The Morgan fingerprint density at radius 1 is 0.429 bits per heavy atom. The van der Waals surface area contributed by atoms with Gasteiger partial charge in [-0.1, -0.05) is 72.8 Å². The van der Waals surface area contributed by atoms with Crippen molar-refractivity contribution in [3.63, 3.8) is 0 Å². The molecule has 176 valence electrons. The first-order chi connectivity index (χ1) is 17.3.